The number of aryl methyl sites for hydroxylation is 1. The normalized spacial score (nSPS) is 10.9. The summed E-state index contributed by atoms with van der Waals surface area (Å²) in [7, 11) is 1.80. The molecule has 0 aliphatic heterocycles. The third-order valence-corrected chi connectivity index (χ3v) is 2.89. The molecule has 6 nitrogen and oxygen atoms in total. The predicted octanol–water partition coefficient (Wildman–Crippen LogP) is 2.04. The lowest BCUT2D eigenvalue weighted by atomic mass is 10.1. The summed E-state index contributed by atoms with van der Waals surface area (Å²) >= 11 is 0. The van der Waals surface area contributed by atoms with Crippen molar-refractivity contribution in [1.29, 1.82) is 0 Å². The van der Waals surface area contributed by atoms with Crippen LogP contribution in [0.5, 0.6) is 0 Å². The Labute approximate surface area is 123 Å². The van der Waals surface area contributed by atoms with Gasteiger partial charge in [-0.2, -0.15) is 4.98 Å². The second kappa shape index (κ2) is 6.99. The van der Waals surface area contributed by atoms with Crippen molar-refractivity contribution in [3.8, 4) is 11.4 Å². The van der Waals surface area contributed by atoms with E-state index < -0.39 is 0 Å². The number of rotatable bonds is 6. The van der Waals surface area contributed by atoms with Crippen molar-refractivity contribution < 1.29 is 14.1 Å². The number of benzene rings is 1. The molecule has 0 fully saturated rings. The summed E-state index contributed by atoms with van der Waals surface area (Å²) in [6, 6.07) is 7.90. The number of carbonyl (C=O) groups excluding carboxylic acids is 1. The van der Waals surface area contributed by atoms with Crippen LogP contribution in [0.3, 0.4) is 0 Å². The van der Waals surface area contributed by atoms with Crippen LogP contribution < -0.4 is 0 Å². The molecular weight excluding hydrogens is 270 g/mol. The first-order chi connectivity index (χ1) is 10.1. The lowest BCUT2D eigenvalue weighted by Crippen LogP contribution is -2.27. The van der Waals surface area contributed by atoms with Gasteiger partial charge in [0.1, 0.15) is 0 Å². The van der Waals surface area contributed by atoms with Gasteiger partial charge in [0, 0.05) is 5.56 Å². The van der Waals surface area contributed by atoms with Crippen LogP contribution in [-0.4, -0.2) is 41.2 Å². The van der Waals surface area contributed by atoms with Crippen LogP contribution in [0.4, 0.5) is 0 Å². The Hall–Kier alpha value is -2.21. The molecule has 0 saturated heterocycles. The van der Waals surface area contributed by atoms with E-state index in [-0.39, 0.29) is 12.5 Å². The zero-order chi connectivity index (χ0) is 15.2. The lowest BCUT2D eigenvalue weighted by molar-refractivity contribution is -0.144. The molecule has 6 heteroatoms. The highest BCUT2D eigenvalue weighted by Crippen LogP contribution is 2.16. The first kappa shape index (κ1) is 15.2. The molecule has 0 spiro atoms. The first-order valence-electron chi connectivity index (χ1n) is 6.82. The highest BCUT2D eigenvalue weighted by molar-refractivity contribution is 5.71. The van der Waals surface area contributed by atoms with Gasteiger partial charge in [0.05, 0.1) is 19.7 Å². The molecule has 0 aliphatic carbocycles. The van der Waals surface area contributed by atoms with Gasteiger partial charge in [0.2, 0.25) is 11.7 Å². The van der Waals surface area contributed by atoms with Crippen molar-refractivity contribution in [1.82, 2.24) is 15.0 Å². The number of nitrogens with zero attached hydrogens (tertiary/aromatic N) is 3. The van der Waals surface area contributed by atoms with E-state index in [2.05, 4.69) is 10.1 Å². The molecule has 112 valence electrons. The minimum Gasteiger partial charge on any atom is -0.465 e. The van der Waals surface area contributed by atoms with Crippen molar-refractivity contribution in [2.45, 2.75) is 20.4 Å². The highest BCUT2D eigenvalue weighted by atomic mass is 16.5. The second-order valence-corrected chi connectivity index (χ2v) is 4.86. The number of aromatic nitrogens is 2. The summed E-state index contributed by atoms with van der Waals surface area (Å²) in [6.07, 6.45) is 0. The van der Waals surface area contributed by atoms with Crippen LogP contribution in [-0.2, 0) is 16.1 Å². The van der Waals surface area contributed by atoms with Gasteiger partial charge in [-0.25, -0.2) is 0 Å². The van der Waals surface area contributed by atoms with Gasteiger partial charge in [-0.15, -0.1) is 0 Å². The Balaban J connectivity index is 1.96. The quantitative estimate of drug-likeness (QED) is 0.758. The van der Waals surface area contributed by atoms with Crippen molar-refractivity contribution in [3.63, 3.8) is 0 Å². The van der Waals surface area contributed by atoms with E-state index in [9.17, 15) is 4.79 Å². The van der Waals surface area contributed by atoms with Gasteiger partial charge >= 0.3 is 5.97 Å². The van der Waals surface area contributed by atoms with Crippen LogP contribution in [0.2, 0.25) is 0 Å². The second-order valence-electron chi connectivity index (χ2n) is 4.86. The molecule has 0 N–H and O–H groups in total. The fourth-order valence-electron chi connectivity index (χ4n) is 1.85. The highest BCUT2D eigenvalue weighted by Gasteiger charge is 2.13. The van der Waals surface area contributed by atoms with E-state index >= 15 is 0 Å². The average Bonchev–Trinajstić information content (AvgIpc) is 2.88. The molecule has 0 radical (unpaired) electrons. The Morgan fingerprint density at radius 2 is 2.05 bits per heavy atom. The van der Waals surface area contributed by atoms with Gasteiger partial charge in [-0.05, 0) is 20.9 Å². The summed E-state index contributed by atoms with van der Waals surface area (Å²) in [4.78, 5) is 17.5. The third-order valence-electron chi connectivity index (χ3n) is 2.89. The molecule has 2 aromatic rings. The van der Waals surface area contributed by atoms with Gasteiger partial charge in [-0.1, -0.05) is 35.0 Å². The molecule has 2 rings (SSSR count). The Morgan fingerprint density at radius 3 is 2.71 bits per heavy atom. The number of likely N-dealkylation sites (N-methyl/N-ethyl adjacent to an activating group) is 1. The maximum atomic E-state index is 11.4. The molecule has 1 aromatic carbocycles. The molecule has 0 saturated carbocycles. The van der Waals surface area contributed by atoms with Crippen LogP contribution in [0.25, 0.3) is 11.4 Å². The zero-order valence-electron chi connectivity index (χ0n) is 12.5. The molecule has 0 aliphatic rings. The minimum absolute atomic E-state index is 0.191. The van der Waals surface area contributed by atoms with E-state index in [0.29, 0.717) is 24.9 Å². The minimum atomic E-state index is -0.265. The molecule has 21 heavy (non-hydrogen) atoms. The maximum absolute atomic E-state index is 11.4. The number of carbonyl (C=O) groups is 1. The smallest absolute Gasteiger partial charge is 0.320 e. The topological polar surface area (TPSA) is 68.5 Å². The third kappa shape index (κ3) is 4.39. The van der Waals surface area contributed by atoms with Crippen LogP contribution in [0, 0.1) is 6.92 Å². The fourth-order valence-corrected chi connectivity index (χ4v) is 1.85. The standard InChI is InChI=1S/C15H19N3O3/c1-4-20-14(19)10-18(3)9-13-16-15(17-21-13)12-7-5-11(2)6-8-12/h5-8H,4,9-10H2,1-3H3. The van der Waals surface area contributed by atoms with Crippen LogP contribution in [0.15, 0.2) is 28.8 Å². The van der Waals surface area contributed by atoms with Crippen LogP contribution in [0.1, 0.15) is 18.4 Å². The van der Waals surface area contributed by atoms with Gasteiger partial charge in [0.15, 0.2) is 0 Å². The number of hydrogen-bond donors (Lipinski definition) is 0. The average molecular weight is 289 g/mol. The summed E-state index contributed by atoms with van der Waals surface area (Å²) in [5, 5.41) is 3.96. The summed E-state index contributed by atoms with van der Waals surface area (Å²) in [5.41, 5.74) is 2.08. The number of hydrogen-bond acceptors (Lipinski definition) is 6. The van der Waals surface area contributed by atoms with Crippen LogP contribution >= 0.6 is 0 Å². The summed E-state index contributed by atoms with van der Waals surface area (Å²) in [5.74, 6) is 0.755. The molecule has 0 atom stereocenters. The van der Waals surface area contributed by atoms with E-state index in [4.69, 9.17) is 9.26 Å². The van der Waals surface area contributed by atoms with E-state index in [1.54, 1.807) is 18.9 Å². The number of ether oxygens (including phenoxy) is 1. The molecule has 1 aromatic heterocycles. The first-order valence-corrected chi connectivity index (χ1v) is 6.82. The predicted molar refractivity (Wildman–Crippen MR) is 77.4 cm³/mol. The monoisotopic (exact) mass is 289 g/mol. The lowest BCUT2D eigenvalue weighted by Gasteiger charge is -2.12. The molecule has 1 heterocycles. The van der Waals surface area contributed by atoms with Gasteiger partial charge in [0.25, 0.3) is 0 Å². The van der Waals surface area contributed by atoms with Gasteiger partial charge in [-0.3, -0.25) is 9.69 Å². The van der Waals surface area contributed by atoms with Crippen molar-refractivity contribution in [3.05, 3.63) is 35.7 Å². The Morgan fingerprint density at radius 1 is 1.33 bits per heavy atom. The molecule has 0 bridgehead atoms. The largest absolute Gasteiger partial charge is 0.465 e. The van der Waals surface area contributed by atoms with E-state index in [0.717, 1.165) is 5.56 Å². The SMILES string of the molecule is CCOC(=O)CN(C)Cc1nc(-c2ccc(C)cc2)no1. The zero-order valence-corrected chi connectivity index (χ0v) is 12.5. The molecular formula is C15H19N3O3. The molecule has 0 unspecified atom stereocenters. The summed E-state index contributed by atoms with van der Waals surface area (Å²) in [6.45, 7) is 4.78. The Kier molecular flexibility index (Phi) is 5.05. The van der Waals surface area contributed by atoms with E-state index in [1.165, 1.54) is 5.56 Å². The fraction of sp³-hybridized carbons (Fsp3) is 0.400. The van der Waals surface area contributed by atoms with Crippen molar-refractivity contribution in [2.75, 3.05) is 20.2 Å². The maximum Gasteiger partial charge on any atom is 0.320 e. The van der Waals surface area contributed by atoms with Crippen molar-refractivity contribution >= 4 is 5.97 Å². The molecule has 0 amide bonds. The summed E-state index contributed by atoms with van der Waals surface area (Å²) < 4.78 is 10.1. The van der Waals surface area contributed by atoms with E-state index in [1.807, 2.05) is 31.2 Å². The number of esters is 1. The van der Waals surface area contributed by atoms with Gasteiger partial charge < -0.3 is 9.26 Å². The Bertz CT molecular complexity index is 592. The van der Waals surface area contributed by atoms with Crippen molar-refractivity contribution in [2.24, 2.45) is 0 Å².